The van der Waals surface area contributed by atoms with Gasteiger partial charge in [0.1, 0.15) is 11.8 Å². The Kier molecular flexibility index (Phi) is 4.18. The molecule has 0 bridgehead atoms. The molecule has 0 amide bonds. The summed E-state index contributed by atoms with van der Waals surface area (Å²) >= 11 is 0. The van der Waals surface area contributed by atoms with E-state index in [4.69, 9.17) is 5.26 Å². The van der Waals surface area contributed by atoms with Gasteiger partial charge in [-0.05, 0) is 58.1 Å². The minimum absolute atomic E-state index is 0.347. The quantitative estimate of drug-likeness (QED) is 0.808. The van der Waals surface area contributed by atoms with E-state index in [1.54, 1.807) is 6.20 Å². The van der Waals surface area contributed by atoms with Crippen molar-refractivity contribution >= 4 is 0 Å². The zero-order chi connectivity index (χ0) is 13.9. The third-order valence-electron chi connectivity index (χ3n) is 4.19. The van der Waals surface area contributed by atoms with Crippen LogP contribution in [0.15, 0.2) is 18.3 Å². The molecule has 0 unspecified atom stereocenters. The van der Waals surface area contributed by atoms with Crippen molar-refractivity contribution in [1.82, 2.24) is 14.8 Å². The van der Waals surface area contributed by atoms with Gasteiger partial charge in [0.15, 0.2) is 0 Å². The average Bonchev–Trinajstić information content (AvgIpc) is 2.33. The van der Waals surface area contributed by atoms with Gasteiger partial charge in [0, 0.05) is 24.8 Å². The molecule has 0 N–H and O–H groups in total. The van der Waals surface area contributed by atoms with Crippen LogP contribution in [0.3, 0.4) is 0 Å². The van der Waals surface area contributed by atoms with Crippen molar-refractivity contribution in [2.45, 2.75) is 31.3 Å². The van der Waals surface area contributed by atoms with Crippen LogP contribution < -0.4 is 0 Å². The van der Waals surface area contributed by atoms with E-state index in [1.165, 1.54) is 19.3 Å². The van der Waals surface area contributed by atoms with Crippen molar-refractivity contribution in [1.29, 1.82) is 5.26 Å². The molecule has 0 atom stereocenters. The second-order valence-corrected chi connectivity index (χ2v) is 5.81. The van der Waals surface area contributed by atoms with Crippen molar-refractivity contribution in [2.24, 2.45) is 0 Å². The molecular weight excluding hydrogens is 236 g/mol. The summed E-state index contributed by atoms with van der Waals surface area (Å²) in [5, 5.41) is 8.87. The Morgan fingerprint density at radius 2 is 2.11 bits per heavy atom. The molecule has 1 aromatic heterocycles. The van der Waals surface area contributed by atoms with E-state index in [-0.39, 0.29) is 0 Å². The highest BCUT2D eigenvalue weighted by atomic mass is 15.2. The number of nitriles is 1. The maximum atomic E-state index is 8.87. The average molecular weight is 258 g/mol. The zero-order valence-electron chi connectivity index (χ0n) is 12.1. The van der Waals surface area contributed by atoms with Crippen LogP contribution in [0.5, 0.6) is 0 Å². The number of pyridine rings is 1. The van der Waals surface area contributed by atoms with E-state index in [1.807, 2.05) is 12.1 Å². The van der Waals surface area contributed by atoms with Gasteiger partial charge in [-0.25, -0.2) is 4.98 Å². The molecule has 0 radical (unpaired) electrons. The van der Waals surface area contributed by atoms with Crippen LogP contribution in [-0.4, -0.2) is 48.0 Å². The minimum Gasteiger partial charge on any atom is -0.302 e. The SMILES string of the molecule is CN(Cc1ccnc(C#N)c1)CC1(N(C)C)CCC1. The number of likely N-dealkylation sites (N-methyl/N-ethyl adjacent to an activating group) is 2. The number of hydrogen-bond donors (Lipinski definition) is 0. The van der Waals surface area contributed by atoms with Gasteiger partial charge in [-0.3, -0.25) is 0 Å². The predicted octanol–water partition coefficient (Wildman–Crippen LogP) is 1.87. The topological polar surface area (TPSA) is 43.2 Å². The molecule has 19 heavy (non-hydrogen) atoms. The maximum absolute atomic E-state index is 8.87. The van der Waals surface area contributed by atoms with E-state index in [0.29, 0.717) is 11.2 Å². The lowest BCUT2D eigenvalue weighted by Gasteiger charge is -2.49. The standard InChI is InChI=1S/C15H22N4/c1-18(2)15(6-4-7-15)12-19(3)11-13-5-8-17-14(9-13)10-16/h5,8-9H,4,6-7,11-12H2,1-3H3. The van der Waals surface area contributed by atoms with Crippen LogP contribution in [0.4, 0.5) is 0 Å². The summed E-state index contributed by atoms with van der Waals surface area (Å²) in [5.74, 6) is 0. The molecule has 1 fully saturated rings. The van der Waals surface area contributed by atoms with Gasteiger partial charge in [0.2, 0.25) is 0 Å². The van der Waals surface area contributed by atoms with Crippen molar-refractivity contribution in [3.63, 3.8) is 0 Å². The lowest BCUT2D eigenvalue weighted by Crippen LogP contribution is -2.56. The largest absolute Gasteiger partial charge is 0.302 e. The van der Waals surface area contributed by atoms with Crippen molar-refractivity contribution in [3.05, 3.63) is 29.6 Å². The monoisotopic (exact) mass is 258 g/mol. The number of aromatic nitrogens is 1. The molecule has 1 aromatic rings. The lowest BCUT2D eigenvalue weighted by molar-refractivity contribution is 0.0259. The van der Waals surface area contributed by atoms with Crippen LogP contribution in [0.2, 0.25) is 0 Å². The van der Waals surface area contributed by atoms with Crippen LogP contribution >= 0.6 is 0 Å². The fraction of sp³-hybridized carbons (Fsp3) is 0.600. The summed E-state index contributed by atoms with van der Waals surface area (Å²) in [6, 6.07) is 5.95. The van der Waals surface area contributed by atoms with Gasteiger partial charge >= 0.3 is 0 Å². The first-order chi connectivity index (χ1) is 9.05. The Bertz CT molecular complexity index is 471. The van der Waals surface area contributed by atoms with Crippen molar-refractivity contribution in [3.8, 4) is 6.07 Å². The van der Waals surface area contributed by atoms with E-state index < -0.39 is 0 Å². The fourth-order valence-electron chi connectivity index (χ4n) is 2.84. The second kappa shape index (κ2) is 5.68. The van der Waals surface area contributed by atoms with Gasteiger partial charge in [-0.2, -0.15) is 5.26 Å². The van der Waals surface area contributed by atoms with Gasteiger partial charge in [-0.1, -0.05) is 0 Å². The second-order valence-electron chi connectivity index (χ2n) is 5.81. The van der Waals surface area contributed by atoms with Crippen LogP contribution in [-0.2, 0) is 6.54 Å². The van der Waals surface area contributed by atoms with E-state index in [0.717, 1.165) is 18.7 Å². The number of hydrogen-bond acceptors (Lipinski definition) is 4. The van der Waals surface area contributed by atoms with Crippen LogP contribution in [0.25, 0.3) is 0 Å². The minimum atomic E-state index is 0.347. The normalized spacial score (nSPS) is 17.3. The molecule has 0 spiro atoms. The van der Waals surface area contributed by atoms with Gasteiger partial charge in [-0.15, -0.1) is 0 Å². The highest BCUT2D eigenvalue weighted by Crippen LogP contribution is 2.36. The summed E-state index contributed by atoms with van der Waals surface area (Å²) < 4.78 is 0. The maximum Gasteiger partial charge on any atom is 0.140 e. The van der Waals surface area contributed by atoms with Gasteiger partial charge < -0.3 is 9.80 Å². The van der Waals surface area contributed by atoms with E-state index in [9.17, 15) is 0 Å². The Hall–Kier alpha value is -1.44. The van der Waals surface area contributed by atoms with Crippen LogP contribution in [0, 0.1) is 11.3 Å². The molecule has 4 heteroatoms. The summed E-state index contributed by atoms with van der Waals surface area (Å²) in [4.78, 5) is 8.71. The van der Waals surface area contributed by atoms with Crippen LogP contribution in [0.1, 0.15) is 30.5 Å². The predicted molar refractivity (Wildman–Crippen MR) is 75.6 cm³/mol. The molecule has 102 valence electrons. The number of rotatable bonds is 5. The summed E-state index contributed by atoms with van der Waals surface area (Å²) in [7, 11) is 6.50. The van der Waals surface area contributed by atoms with E-state index in [2.05, 4.69) is 42.0 Å². The molecule has 4 nitrogen and oxygen atoms in total. The summed E-state index contributed by atoms with van der Waals surface area (Å²) in [5.41, 5.74) is 2.00. The molecule has 2 rings (SSSR count). The molecule has 0 aromatic carbocycles. The Labute approximate surface area is 115 Å². The summed E-state index contributed by atoms with van der Waals surface area (Å²) in [6.45, 7) is 1.94. The highest BCUT2D eigenvalue weighted by Gasteiger charge is 2.39. The Morgan fingerprint density at radius 3 is 2.63 bits per heavy atom. The third-order valence-corrected chi connectivity index (χ3v) is 4.19. The zero-order valence-corrected chi connectivity index (χ0v) is 12.1. The first-order valence-corrected chi connectivity index (χ1v) is 6.77. The van der Waals surface area contributed by atoms with E-state index >= 15 is 0 Å². The molecule has 1 aliphatic carbocycles. The van der Waals surface area contributed by atoms with Gasteiger partial charge in [0.05, 0.1) is 0 Å². The molecule has 1 heterocycles. The highest BCUT2D eigenvalue weighted by molar-refractivity contribution is 5.25. The molecular formula is C15H22N4. The Morgan fingerprint density at radius 1 is 1.37 bits per heavy atom. The summed E-state index contributed by atoms with van der Waals surface area (Å²) in [6.07, 6.45) is 5.61. The Balaban J connectivity index is 1.97. The molecule has 0 aliphatic heterocycles. The van der Waals surface area contributed by atoms with Crippen molar-refractivity contribution < 1.29 is 0 Å². The molecule has 1 aliphatic rings. The van der Waals surface area contributed by atoms with Gasteiger partial charge in [0.25, 0.3) is 0 Å². The first-order valence-electron chi connectivity index (χ1n) is 6.77. The molecule has 0 saturated heterocycles. The first kappa shape index (κ1) is 14.0. The third kappa shape index (κ3) is 3.12. The molecule has 1 saturated carbocycles. The fourth-order valence-corrected chi connectivity index (χ4v) is 2.84. The van der Waals surface area contributed by atoms with Crippen molar-refractivity contribution in [2.75, 3.05) is 27.7 Å². The smallest absolute Gasteiger partial charge is 0.140 e. The lowest BCUT2D eigenvalue weighted by atomic mass is 9.75. The number of nitrogens with zero attached hydrogens (tertiary/aromatic N) is 4.